The van der Waals surface area contributed by atoms with E-state index in [2.05, 4.69) is 50.9 Å². The van der Waals surface area contributed by atoms with Crippen LogP contribution in [0.3, 0.4) is 0 Å². The molecule has 6 heteroatoms. The summed E-state index contributed by atoms with van der Waals surface area (Å²) >= 11 is 3.86. The number of benzene rings is 1. The van der Waals surface area contributed by atoms with Crippen molar-refractivity contribution in [2.75, 3.05) is 26.2 Å². The number of aromatic nitrogens is 1. The number of piperidine rings is 1. The Morgan fingerprint density at radius 1 is 1.06 bits per heavy atom. The predicted octanol–water partition coefficient (Wildman–Crippen LogP) is 6.26. The van der Waals surface area contributed by atoms with Crippen LogP contribution in [0.1, 0.15) is 47.9 Å². The van der Waals surface area contributed by atoms with Crippen molar-refractivity contribution in [2.24, 2.45) is 0 Å². The van der Waals surface area contributed by atoms with Gasteiger partial charge in [-0.1, -0.05) is 35.9 Å². The Kier molecular flexibility index (Phi) is 8.14. The van der Waals surface area contributed by atoms with Gasteiger partial charge in [-0.05, 0) is 78.1 Å². The highest BCUT2D eigenvalue weighted by Crippen LogP contribution is 2.45. The van der Waals surface area contributed by atoms with Crippen molar-refractivity contribution in [3.8, 4) is 0 Å². The molecule has 180 valence electrons. The van der Waals surface area contributed by atoms with Crippen LogP contribution in [0.25, 0.3) is 11.6 Å². The van der Waals surface area contributed by atoms with Crippen molar-refractivity contribution in [1.82, 2.24) is 15.2 Å². The third kappa shape index (κ3) is 6.13. The number of rotatable bonds is 7. The molecule has 1 fully saturated rings. The molecule has 2 aliphatic rings. The Balaban J connectivity index is 1.10. The zero-order valence-corrected chi connectivity index (χ0v) is 21.5. The first-order chi connectivity index (χ1) is 17.3. The number of fused-ring (bicyclic) bond motifs is 2. The fraction of sp³-hybridized carbons (Fsp3) is 0.310. The van der Waals surface area contributed by atoms with Crippen molar-refractivity contribution in [3.63, 3.8) is 0 Å². The van der Waals surface area contributed by atoms with Crippen molar-refractivity contribution in [1.29, 1.82) is 0 Å². The van der Waals surface area contributed by atoms with Crippen LogP contribution in [0.4, 0.5) is 0 Å². The Hall–Kier alpha value is -2.67. The van der Waals surface area contributed by atoms with E-state index in [4.69, 9.17) is 0 Å². The zero-order chi connectivity index (χ0) is 23.9. The highest BCUT2D eigenvalue weighted by Gasteiger charge is 2.24. The number of pyridine rings is 1. The second-order valence-electron chi connectivity index (χ2n) is 9.01. The molecule has 0 bridgehead atoms. The molecule has 0 saturated carbocycles. The lowest BCUT2D eigenvalue weighted by Crippen LogP contribution is -2.32. The molecule has 1 amide bonds. The Morgan fingerprint density at radius 2 is 1.94 bits per heavy atom. The van der Waals surface area contributed by atoms with Crippen LogP contribution < -0.4 is 5.32 Å². The van der Waals surface area contributed by atoms with Crippen molar-refractivity contribution < 1.29 is 4.79 Å². The van der Waals surface area contributed by atoms with Gasteiger partial charge in [0.2, 0.25) is 5.91 Å². The number of thioether (sulfide) groups is 1. The van der Waals surface area contributed by atoms with Gasteiger partial charge in [0.15, 0.2) is 0 Å². The molecule has 0 spiro atoms. The van der Waals surface area contributed by atoms with Gasteiger partial charge in [0.25, 0.3) is 0 Å². The van der Waals surface area contributed by atoms with E-state index in [0.29, 0.717) is 0 Å². The summed E-state index contributed by atoms with van der Waals surface area (Å²) in [6.45, 7) is 4.05. The maximum absolute atomic E-state index is 12.0. The van der Waals surface area contributed by atoms with E-state index in [0.717, 1.165) is 63.2 Å². The maximum Gasteiger partial charge on any atom is 0.243 e. The summed E-state index contributed by atoms with van der Waals surface area (Å²) in [6.07, 6.45) is 11.2. The molecular formula is C29H31N3OS2. The monoisotopic (exact) mass is 501 g/mol. The molecule has 1 aromatic carbocycles. The third-order valence-electron chi connectivity index (χ3n) is 6.67. The number of carbonyl (C=O) groups excluding carboxylic acids is 1. The van der Waals surface area contributed by atoms with E-state index in [9.17, 15) is 4.79 Å². The number of nitrogens with one attached hydrogen (secondary N) is 1. The molecule has 0 radical (unpaired) electrons. The second-order valence-corrected chi connectivity index (χ2v) is 11.2. The summed E-state index contributed by atoms with van der Waals surface area (Å²) in [5.41, 5.74) is 8.40. The number of hydrogen-bond donors (Lipinski definition) is 1. The van der Waals surface area contributed by atoms with E-state index in [-0.39, 0.29) is 5.91 Å². The van der Waals surface area contributed by atoms with Gasteiger partial charge in [0.05, 0.1) is 4.21 Å². The highest BCUT2D eigenvalue weighted by atomic mass is 32.2. The zero-order valence-electron chi connectivity index (χ0n) is 19.9. The van der Waals surface area contributed by atoms with Crippen LogP contribution in [0.5, 0.6) is 0 Å². The van der Waals surface area contributed by atoms with Crippen LogP contribution in [0.2, 0.25) is 0 Å². The molecule has 2 aliphatic heterocycles. The normalized spacial score (nSPS) is 16.1. The quantitative estimate of drug-likeness (QED) is 0.307. The Labute approximate surface area is 216 Å². The largest absolute Gasteiger partial charge is 0.353 e. The summed E-state index contributed by atoms with van der Waals surface area (Å²) in [4.78, 5) is 18.7. The fourth-order valence-corrected chi connectivity index (χ4v) is 6.93. The van der Waals surface area contributed by atoms with Crippen molar-refractivity contribution >= 4 is 40.7 Å². The van der Waals surface area contributed by atoms with Gasteiger partial charge in [-0.3, -0.25) is 9.78 Å². The maximum atomic E-state index is 12.0. The van der Waals surface area contributed by atoms with E-state index in [1.54, 1.807) is 30.1 Å². The molecule has 3 aromatic rings. The van der Waals surface area contributed by atoms with Gasteiger partial charge in [0, 0.05) is 49.4 Å². The smallest absolute Gasteiger partial charge is 0.243 e. The minimum atomic E-state index is -0.0438. The van der Waals surface area contributed by atoms with Crippen LogP contribution in [0.15, 0.2) is 76.1 Å². The number of thiophene rings is 1. The van der Waals surface area contributed by atoms with Crippen LogP contribution >= 0.6 is 23.1 Å². The molecule has 0 atom stereocenters. The first kappa shape index (κ1) is 24.0. The lowest BCUT2D eigenvalue weighted by Gasteiger charge is -2.30. The first-order valence-electron chi connectivity index (χ1n) is 12.4. The van der Waals surface area contributed by atoms with Gasteiger partial charge in [-0.15, -0.1) is 23.1 Å². The van der Waals surface area contributed by atoms with Gasteiger partial charge in [0.1, 0.15) is 0 Å². The third-order valence-corrected chi connectivity index (χ3v) is 8.96. The van der Waals surface area contributed by atoms with Crippen LogP contribution in [-0.4, -0.2) is 42.0 Å². The average Bonchev–Trinajstić information content (AvgIpc) is 3.30. The molecule has 1 saturated heterocycles. The summed E-state index contributed by atoms with van der Waals surface area (Å²) in [5, 5.41) is 5.23. The molecule has 4 nitrogen and oxygen atoms in total. The molecule has 5 rings (SSSR count). The number of hydrogen-bond acceptors (Lipinski definition) is 5. The lowest BCUT2D eigenvalue weighted by atomic mass is 9.87. The standard InChI is InChI=1S/C29H31N3OS2/c33-27(10-9-22-6-5-14-30-20-22)31-15-3-4-16-32-17-11-23(12-18-32)28-25-8-2-1-7-24(25)21-35-29-26(28)13-19-34-29/h1-2,5-10,13-14,19-20H,3-4,11-12,15-18,21H2,(H,31,33)/b10-9+. The number of amides is 1. The average molecular weight is 502 g/mol. The van der Waals surface area contributed by atoms with Gasteiger partial charge < -0.3 is 10.2 Å². The second kappa shape index (κ2) is 11.8. The summed E-state index contributed by atoms with van der Waals surface area (Å²) < 4.78 is 1.46. The van der Waals surface area contributed by atoms with Crippen LogP contribution in [-0.2, 0) is 10.5 Å². The number of unbranched alkanes of at least 4 members (excludes halogenated alkanes) is 1. The predicted molar refractivity (Wildman–Crippen MR) is 148 cm³/mol. The molecule has 4 heterocycles. The molecule has 1 N–H and O–H groups in total. The molecule has 35 heavy (non-hydrogen) atoms. The van der Waals surface area contributed by atoms with E-state index < -0.39 is 0 Å². The van der Waals surface area contributed by atoms with Crippen LogP contribution in [0, 0.1) is 0 Å². The fourth-order valence-electron chi connectivity index (χ4n) is 4.83. The van der Waals surface area contributed by atoms with Crippen molar-refractivity contribution in [2.45, 2.75) is 35.6 Å². The molecule has 0 unspecified atom stereocenters. The van der Waals surface area contributed by atoms with Gasteiger partial charge in [-0.25, -0.2) is 0 Å². The summed E-state index contributed by atoms with van der Waals surface area (Å²) in [5.74, 6) is 1.01. The molecular weight excluding hydrogens is 470 g/mol. The van der Waals surface area contributed by atoms with E-state index in [1.165, 1.54) is 26.5 Å². The minimum Gasteiger partial charge on any atom is -0.353 e. The van der Waals surface area contributed by atoms with Gasteiger partial charge in [-0.2, -0.15) is 0 Å². The summed E-state index contributed by atoms with van der Waals surface area (Å²) in [7, 11) is 0. The van der Waals surface area contributed by atoms with E-state index in [1.807, 2.05) is 35.2 Å². The van der Waals surface area contributed by atoms with Gasteiger partial charge >= 0.3 is 0 Å². The highest BCUT2D eigenvalue weighted by molar-refractivity contribution is 8.00. The van der Waals surface area contributed by atoms with E-state index >= 15 is 0 Å². The minimum absolute atomic E-state index is 0.0438. The number of nitrogens with zero attached hydrogens (tertiary/aromatic N) is 2. The lowest BCUT2D eigenvalue weighted by molar-refractivity contribution is -0.116. The number of likely N-dealkylation sites (tertiary alicyclic amines) is 1. The Morgan fingerprint density at radius 3 is 2.80 bits per heavy atom. The molecule has 2 aromatic heterocycles. The number of carbonyl (C=O) groups is 1. The molecule has 0 aliphatic carbocycles. The van der Waals surface area contributed by atoms with Crippen molar-refractivity contribution in [3.05, 3.63) is 94.1 Å². The SMILES string of the molecule is O=C(/C=C/c1cccnc1)NCCCCN1CCC(=C2c3ccccc3CSc3sccc32)CC1. The topological polar surface area (TPSA) is 45.2 Å². The Bertz CT molecular complexity index is 1210. The summed E-state index contributed by atoms with van der Waals surface area (Å²) in [6, 6.07) is 15.1. The first-order valence-corrected chi connectivity index (χ1v) is 14.2.